The Kier molecular flexibility index (Phi) is 3.49. The van der Waals surface area contributed by atoms with E-state index in [0.29, 0.717) is 15.0 Å². The van der Waals surface area contributed by atoms with Crippen molar-refractivity contribution in [1.29, 1.82) is 0 Å². The van der Waals surface area contributed by atoms with Crippen molar-refractivity contribution >= 4 is 30.3 Å². The van der Waals surface area contributed by atoms with Crippen LogP contribution in [0.5, 0.6) is 0 Å². The molecule has 0 unspecified atom stereocenters. The fourth-order valence-corrected chi connectivity index (χ4v) is 4.04. The number of hydrogen-bond donors (Lipinski definition) is 1. The fraction of sp³-hybridized carbons (Fsp3) is 0.125. The number of benzene rings is 2. The number of aromatic amines is 1. The molecule has 18 heavy (non-hydrogen) atoms. The summed E-state index contributed by atoms with van der Waals surface area (Å²) in [5.41, 5.74) is 2.70. The van der Waals surface area contributed by atoms with E-state index in [4.69, 9.17) is 0 Å². The molecule has 90 valence electrons. The fourth-order valence-electron chi connectivity index (χ4n) is 2.13. The van der Waals surface area contributed by atoms with Gasteiger partial charge in [-0.25, -0.2) is 0 Å². The van der Waals surface area contributed by atoms with Crippen molar-refractivity contribution < 1.29 is 0 Å². The summed E-state index contributed by atoms with van der Waals surface area (Å²) < 4.78 is 1.49. The maximum atomic E-state index is 3.34. The topological polar surface area (TPSA) is 15.8 Å². The summed E-state index contributed by atoms with van der Waals surface area (Å²) in [5.74, 6) is 0. The van der Waals surface area contributed by atoms with E-state index in [2.05, 4.69) is 65.8 Å². The van der Waals surface area contributed by atoms with Crippen LogP contribution >= 0.6 is 0 Å². The molecule has 0 aliphatic rings. The average molecular weight is 300 g/mol. The van der Waals surface area contributed by atoms with Crippen LogP contribution in [0.3, 0.4) is 0 Å². The Morgan fingerprint density at radius 1 is 0.889 bits per heavy atom. The van der Waals surface area contributed by atoms with Crippen molar-refractivity contribution in [3.8, 4) is 0 Å². The molecule has 1 heterocycles. The van der Waals surface area contributed by atoms with Crippen molar-refractivity contribution in [2.24, 2.45) is 0 Å². The van der Waals surface area contributed by atoms with Gasteiger partial charge in [0, 0.05) is 0 Å². The molecule has 1 aromatic heterocycles. The van der Waals surface area contributed by atoms with E-state index in [1.165, 1.54) is 32.7 Å². The predicted molar refractivity (Wildman–Crippen MR) is 78.6 cm³/mol. The van der Waals surface area contributed by atoms with E-state index in [1.807, 2.05) is 0 Å². The second kappa shape index (κ2) is 5.43. The zero-order valence-electron chi connectivity index (χ0n) is 10.1. The SMILES string of the molecule is c1ccc([Se]CCc2c[nH]c3ccccc23)cc1. The van der Waals surface area contributed by atoms with Crippen molar-refractivity contribution in [2.45, 2.75) is 11.7 Å². The number of hydrogen-bond acceptors (Lipinski definition) is 0. The van der Waals surface area contributed by atoms with Gasteiger partial charge >= 0.3 is 113 Å². The Labute approximate surface area is 113 Å². The zero-order valence-corrected chi connectivity index (χ0v) is 11.8. The molecular weight excluding hydrogens is 285 g/mol. The molecule has 0 saturated heterocycles. The summed E-state index contributed by atoms with van der Waals surface area (Å²) in [6, 6.07) is 19.3. The third-order valence-corrected chi connectivity index (χ3v) is 5.19. The minimum absolute atomic E-state index is 0.583. The molecule has 0 bridgehead atoms. The first kappa shape index (κ1) is 11.6. The molecule has 0 atom stereocenters. The number of para-hydroxylation sites is 1. The van der Waals surface area contributed by atoms with E-state index in [0.717, 1.165) is 0 Å². The quantitative estimate of drug-likeness (QED) is 0.712. The van der Waals surface area contributed by atoms with Gasteiger partial charge in [-0.2, -0.15) is 0 Å². The summed E-state index contributed by atoms with van der Waals surface area (Å²) >= 11 is 0.583. The minimum atomic E-state index is 0.583. The number of aryl methyl sites for hydroxylation is 1. The molecule has 0 saturated carbocycles. The monoisotopic (exact) mass is 301 g/mol. The molecule has 0 spiro atoms. The van der Waals surface area contributed by atoms with Gasteiger partial charge in [-0.05, 0) is 0 Å². The van der Waals surface area contributed by atoms with Gasteiger partial charge in [0.1, 0.15) is 0 Å². The summed E-state index contributed by atoms with van der Waals surface area (Å²) in [6.07, 6.45) is 3.32. The summed E-state index contributed by atoms with van der Waals surface area (Å²) in [6.45, 7) is 0. The van der Waals surface area contributed by atoms with E-state index in [-0.39, 0.29) is 0 Å². The standard InChI is InChI=1S/C16H15NSe/c1-2-6-14(7-3-1)18-11-10-13-12-17-16-9-5-4-8-15(13)16/h1-9,12,17H,10-11H2. The van der Waals surface area contributed by atoms with Crippen LogP contribution in [-0.2, 0) is 6.42 Å². The van der Waals surface area contributed by atoms with Gasteiger partial charge in [0.2, 0.25) is 0 Å². The first-order valence-electron chi connectivity index (χ1n) is 6.16. The molecule has 0 aliphatic heterocycles. The van der Waals surface area contributed by atoms with Gasteiger partial charge in [-0.1, -0.05) is 0 Å². The molecule has 3 aromatic rings. The summed E-state index contributed by atoms with van der Waals surface area (Å²) in [7, 11) is 0. The van der Waals surface area contributed by atoms with E-state index >= 15 is 0 Å². The normalized spacial score (nSPS) is 10.9. The first-order valence-corrected chi connectivity index (χ1v) is 8.23. The number of H-pyrrole nitrogens is 1. The zero-order chi connectivity index (χ0) is 12.2. The molecule has 2 aromatic carbocycles. The second-order valence-electron chi connectivity index (χ2n) is 4.27. The van der Waals surface area contributed by atoms with Crippen LogP contribution in [0.4, 0.5) is 0 Å². The molecule has 2 heteroatoms. The number of fused-ring (bicyclic) bond motifs is 1. The van der Waals surface area contributed by atoms with Crippen molar-refractivity contribution in [3.63, 3.8) is 0 Å². The van der Waals surface area contributed by atoms with Crippen LogP contribution < -0.4 is 4.46 Å². The van der Waals surface area contributed by atoms with Crippen LogP contribution in [0.15, 0.2) is 60.8 Å². The molecule has 0 aliphatic carbocycles. The Morgan fingerprint density at radius 2 is 1.67 bits per heavy atom. The van der Waals surface area contributed by atoms with Crippen LogP contribution in [0.25, 0.3) is 10.9 Å². The summed E-state index contributed by atoms with van der Waals surface area (Å²) in [4.78, 5) is 3.34. The van der Waals surface area contributed by atoms with Gasteiger partial charge in [0.15, 0.2) is 0 Å². The second-order valence-corrected chi connectivity index (χ2v) is 6.72. The number of aromatic nitrogens is 1. The number of rotatable bonds is 4. The van der Waals surface area contributed by atoms with Crippen molar-refractivity contribution in [1.82, 2.24) is 4.98 Å². The average Bonchev–Trinajstić information content (AvgIpc) is 2.84. The Hall–Kier alpha value is -1.50. The number of nitrogens with one attached hydrogen (secondary N) is 1. The molecule has 0 fully saturated rings. The Balaban J connectivity index is 1.67. The van der Waals surface area contributed by atoms with E-state index in [1.54, 1.807) is 0 Å². The summed E-state index contributed by atoms with van der Waals surface area (Å²) in [5, 5.41) is 2.64. The Bertz CT molecular complexity index is 628. The Morgan fingerprint density at radius 3 is 2.56 bits per heavy atom. The first-order chi connectivity index (χ1) is 8.93. The van der Waals surface area contributed by atoms with Crippen LogP contribution in [0, 0.1) is 0 Å². The van der Waals surface area contributed by atoms with Crippen LogP contribution in [-0.4, -0.2) is 19.9 Å². The van der Waals surface area contributed by atoms with Gasteiger partial charge < -0.3 is 0 Å². The molecule has 1 nitrogen and oxygen atoms in total. The maximum absolute atomic E-state index is 3.34. The van der Waals surface area contributed by atoms with Crippen LogP contribution in [0.1, 0.15) is 5.56 Å². The molecule has 3 rings (SSSR count). The van der Waals surface area contributed by atoms with Crippen molar-refractivity contribution in [3.05, 3.63) is 66.4 Å². The van der Waals surface area contributed by atoms with Gasteiger partial charge in [-0.15, -0.1) is 0 Å². The predicted octanol–water partition coefficient (Wildman–Crippen LogP) is 3.16. The molecule has 0 radical (unpaired) electrons. The third-order valence-electron chi connectivity index (χ3n) is 3.06. The van der Waals surface area contributed by atoms with E-state index in [9.17, 15) is 0 Å². The van der Waals surface area contributed by atoms with Gasteiger partial charge in [0.05, 0.1) is 0 Å². The van der Waals surface area contributed by atoms with E-state index < -0.39 is 0 Å². The molecule has 0 amide bonds. The third kappa shape index (κ3) is 2.50. The van der Waals surface area contributed by atoms with Gasteiger partial charge in [0.25, 0.3) is 0 Å². The molecule has 1 N–H and O–H groups in total. The van der Waals surface area contributed by atoms with Crippen LogP contribution in [0.2, 0.25) is 5.32 Å². The van der Waals surface area contributed by atoms with Crippen molar-refractivity contribution in [2.75, 3.05) is 0 Å². The van der Waals surface area contributed by atoms with Gasteiger partial charge in [-0.3, -0.25) is 0 Å². The molecular formula is C16H15NSe.